The second-order valence-electron chi connectivity index (χ2n) is 10.1. The van der Waals surface area contributed by atoms with Crippen molar-refractivity contribution in [1.29, 1.82) is 0 Å². The molecule has 0 N–H and O–H groups in total. The predicted octanol–water partition coefficient (Wildman–Crippen LogP) is 9.93. The lowest BCUT2D eigenvalue weighted by Gasteiger charge is -2.19. The average molecular weight is 456 g/mol. The quantitative estimate of drug-likeness (QED) is 0.236. The Bertz CT molecular complexity index is 939. The minimum absolute atomic E-state index is 0.782. The van der Waals surface area contributed by atoms with Gasteiger partial charge in [-0.3, -0.25) is 4.98 Å². The Balaban J connectivity index is 1.95. The van der Waals surface area contributed by atoms with Crippen LogP contribution in [0, 0.1) is 11.8 Å². The smallest absolute Gasteiger partial charge is 0.0702 e. The van der Waals surface area contributed by atoms with E-state index in [2.05, 4.69) is 87.3 Å². The molecule has 2 atom stereocenters. The van der Waals surface area contributed by atoms with E-state index in [1.54, 1.807) is 0 Å². The third kappa shape index (κ3) is 7.83. The first-order valence-electron chi connectivity index (χ1n) is 13.8. The zero-order valence-electron chi connectivity index (χ0n) is 22.0. The molecule has 182 valence electrons. The van der Waals surface area contributed by atoms with Crippen LogP contribution in [0.15, 0.2) is 66.9 Å². The number of hydrogen-bond acceptors (Lipinski definition) is 1. The van der Waals surface area contributed by atoms with Gasteiger partial charge < -0.3 is 0 Å². The number of pyridine rings is 1. The van der Waals surface area contributed by atoms with E-state index in [0.717, 1.165) is 17.5 Å². The van der Waals surface area contributed by atoms with E-state index in [9.17, 15) is 0 Å². The fourth-order valence-corrected chi connectivity index (χ4v) is 5.11. The van der Waals surface area contributed by atoms with Crippen molar-refractivity contribution >= 4 is 0 Å². The lowest BCUT2D eigenvalue weighted by molar-refractivity contribution is 0.444. The topological polar surface area (TPSA) is 12.9 Å². The molecule has 0 aliphatic heterocycles. The van der Waals surface area contributed by atoms with Crippen LogP contribution in [-0.4, -0.2) is 4.98 Å². The molecule has 1 nitrogen and oxygen atoms in total. The number of benzene rings is 2. The standard InChI is InChI=1S/C33H45N/c1-5-9-14-26(7-3)20-28-22-29(21-27(8-4)15-10-6-2)24-32(23-28)30-16-13-17-31(25-30)33-18-11-12-19-34-33/h11-13,16-19,22-27H,5-10,14-15,20-21H2,1-4H3. The monoisotopic (exact) mass is 455 g/mol. The summed E-state index contributed by atoms with van der Waals surface area (Å²) in [6.45, 7) is 9.33. The Labute approximate surface area is 209 Å². The zero-order chi connectivity index (χ0) is 24.2. The highest BCUT2D eigenvalue weighted by atomic mass is 14.7. The minimum Gasteiger partial charge on any atom is -0.256 e. The van der Waals surface area contributed by atoms with Crippen molar-refractivity contribution < 1.29 is 0 Å². The van der Waals surface area contributed by atoms with Crippen molar-refractivity contribution in [3.8, 4) is 22.4 Å². The van der Waals surface area contributed by atoms with E-state index >= 15 is 0 Å². The molecule has 0 aliphatic rings. The number of nitrogens with zero attached hydrogens (tertiary/aromatic N) is 1. The lowest BCUT2D eigenvalue weighted by Crippen LogP contribution is -2.07. The van der Waals surface area contributed by atoms with Gasteiger partial charge in [-0.1, -0.05) is 122 Å². The van der Waals surface area contributed by atoms with Crippen LogP contribution in [0.2, 0.25) is 0 Å². The molecule has 34 heavy (non-hydrogen) atoms. The van der Waals surface area contributed by atoms with E-state index in [1.165, 1.54) is 92.0 Å². The molecule has 0 saturated carbocycles. The van der Waals surface area contributed by atoms with Crippen LogP contribution in [0.3, 0.4) is 0 Å². The summed E-state index contributed by atoms with van der Waals surface area (Å²) >= 11 is 0. The Kier molecular flexibility index (Phi) is 10.9. The van der Waals surface area contributed by atoms with Gasteiger partial charge in [0.05, 0.1) is 5.69 Å². The van der Waals surface area contributed by atoms with Gasteiger partial charge in [-0.2, -0.15) is 0 Å². The van der Waals surface area contributed by atoms with Gasteiger partial charge in [0.15, 0.2) is 0 Å². The second-order valence-corrected chi connectivity index (χ2v) is 10.1. The van der Waals surface area contributed by atoms with Gasteiger partial charge in [-0.15, -0.1) is 0 Å². The zero-order valence-corrected chi connectivity index (χ0v) is 22.0. The number of rotatable bonds is 14. The Morgan fingerprint density at radius 1 is 0.618 bits per heavy atom. The highest BCUT2D eigenvalue weighted by Crippen LogP contribution is 2.30. The number of aromatic nitrogens is 1. The molecule has 0 spiro atoms. The summed E-state index contributed by atoms with van der Waals surface area (Å²) in [6, 6.07) is 22.5. The van der Waals surface area contributed by atoms with Crippen LogP contribution in [0.5, 0.6) is 0 Å². The van der Waals surface area contributed by atoms with Gasteiger partial charge >= 0.3 is 0 Å². The highest BCUT2D eigenvalue weighted by molar-refractivity contribution is 5.72. The third-order valence-corrected chi connectivity index (χ3v) is 7.34. The molecule has 0 saturated heterocycles. The van der Waals surface area contributed by atoms with Crippen molar-refractivity contribution in [2.45, 2.75) is 91.9 Å². The fourth-order valence-electron chi connectivity index (χ4n) is 5.11. The number of hydrogen-bond donors (Lipinski definition) is 0. The van der Waals surface area contributed by atoms with Crippen LogP contribution < -0.4 is 0 Å². The summed E-state index contributed by atoms with van der Waals surface area (Å²) < 4.78 is 0. The first-order valence-corrected chi connectivity index (χ1v) is 13.8. The van der Waals surface area contributed by atoms with Crippen LogP contribution >= 0.6 is 0 Å². The second kappa shape index (κ2) is 14.1. The molecule has 0 bridgehead atoms. The van der Waals surface area contributed by atoms with Gasteiger partial charge in [0.25, 0.3) is 0 Å². The summed E-state index contributed by atoms with van der Waals surface area (Å²) in [5.41, 5.74) is 7.93. The summed E-state index contributed by atoms with van der Waals surface area (Å²) in [4.78, 5) is 4.58. The van der Waals surface area contributed by atoms with Crippen molar-refractivity contribution in [2.75, 3.05) is 0 Å². The van der Waals surface area contributed by atoms with Gasteiger partial charge in [0.2, 0.25) is 0 Å². The van der Waals surface area contributed by atoms with Crippen molar-refractivity contribution in [3.05, 3.63) is 78.0 Å². The summed E-state index contributed by atoms with van der Waals surface area (Å²) in [6.07, 6.45) is 14.8. The molecule has 0 radical (unpaired) electrons. The summed E-state index contributed by atoms with van der Waals surface area (Å²) in [5, 5.41) is 0. The molecule has 3 rings (SSSR count). The molecular weight excluding hydrogens is 410 g/mol. The SMILES string of the molecule is CCCCC(CC)Cc1cc(CC(CC)CCCC)cc(-c2cccc(-c3ccccn3)c2)c1. The van der Waals surface area contributed by atoms with E-state index in [0.29, 0.717) is 0 Å². The van der Waals surface area contributed by atoms with E-state index < -0.39 is 0 Å². The molecule has 0 fully saturated rings. The van der Waals surface area contributed by atoms with Crippen molar-refractivity contribution in [3.63, 3.8) is 0 Å². The van der Waals surface area contributed by atoms with Gasteiger partial charge in [0, 0.05) is 11.8 Å². The molecule has 3 aromatic rings. The van der Waals surface area contributed by atoms with Gasteiger partial charge in [-0.25, -0.2) is 0 Å². The average Bonchev–Trinajstić information content (AvgIpc) is 2.89. The van der Waals surface area contributed by atoms with Crippen LogP contribution in [0.1, 0.15) is 90.2 Å². The Hall–Kier alpha value is -2.41. The maximum atomic E-state index is 4.58. The Morgan fingerprint density at radius 2 is 1.24 bits per heavy atom. The van der Waals surface area contributed by atoms with E-state index in [-0.39, 0.29) is 0 Å². The largest absolute Gasteiger partial charge is 0.256 e. The molecule has 1 aromatic heterocycles. The van der Waals surface area contributed by atoms with E-state index in [4.69, 9.17) is 0 Å². The first kappa shape index (κ1) is 26.2. The molecule has 0 amide bonds. The minimum atomic E-state index is 0.782. The molecule has 0 aliphatic carbocycles. The summed E-state index contributed by atoms with van der Waals surface area (Å²) in [7, 11) is 0. The molecule has 2 aromatic carbocycles. The normalized spacial score (nSPS) is 13.1. The van der Waals surface area contributed by atoms with Crippen molar-refractivity contribution in [2.24, 2.45) is 11.8 Å². The maximum absolute atomic E-state index is 4.58. The molecular formula is C33H45N. The fraction of sp³-hybridized carbons (Fsp3) is 0.485. The third-order valence-electron chi connectivity index (χ3n) is 7.34. The van der Waals surface area contributed by atoms with Crippen molar-refractivity contribution in [1.82, 2.24) is 4.98 Å². The first-order chi connectivity index (χ1) is 16.7. The molecule has 1 heterocycles. The predicted molar refractivity (Wildman–Crippen MR) is 149 cm³/mol. The van der Waals surface area contributed by atoms with E-state index in [1.807, 2.05) is 12.3 Å². The molecule has 2 unspecified atom stereocenters. The van der Waals surface area contributed by atoms with Crippen LogP contribution in [0.4, 0.5) is 0 Å². The van der Waals surface area contributed by atoms with Gasteiger partial charge in [0.1, 0.15) is 0 Å². The Morgan fingerprint density at radius 3 is 1.76 bits per heavy atom. The lowest BCUT2D eigenvalue weighted by atomic mass is 9.86. The van der Waals surface area contributed by atoms with Crippen LogP contribution in [0.25, 0.3) is 22.4 Å². The summed E-state index contributed by atoms with van der Waals surface area (Å²) in [5.74, 6) is 1.56. The van der Waals surface area contributed by atoms with Gasteiger partial charge in [-0.05, 0) is 65.1 Å². The number of unbranched alkanes of at least 4 members (excludes halogenated alkanes) is 2. The highest BCUT2D eigenvalue weighted by Gasteiger charge is 2.13. The van der Waals surface area contributed by atoms with Crippen LogP contribution in [-0.2, 0) is 12.8 Å². The maximum Gasteiger partial charge on any atom is 0.0702 e. The molecule has 1 heteroatoms.